The number of hydrogen-bond acceptors (Lipinski definition) is 10. The third kappa shape index (κ3) is 13.4. The molecule has 4 N–H and O–H groups in total. The third-order valence-electron chi connectivity index (χ3n) is 10.9. The zero-order valence-electron chi connectivity index (χ0n) is 35.3. The Morgan fingerprint density at radius 1 is 0.917 bits per heavy atom. The second kappa shape index (κ2) is 21.8. The minimum Gasteiger partial charge on any atom is -0.494 e. The van der Waals surface area contributed by atoms with E-state index in [1.807, 2.05) is 24.3 Å². The lowest BCUT2D eigenvalue weighted by atomic mass is 9.83. The van der Waals surface area contributed by atoms with Crippen molar-refractivity contribution in [3.05, 3.63) is 65.7 Å². The van der Waals surface area contributed by atoms with Gasteiger partial charge in [0.1, 0.15) is 23.4 Å². The van der Waals surface area contributed by atoms with E-state index < -0.39 is 71.9 Å². The van der Waals surface area contributed by atoms with Gasteiger partial charge in [-0.3, -0.25) is 28.8 Å². The van der Waals surface area contributed by atoms with Gasteiger partial charge in [-0.2, -0.15) is 0 Å². The molecule has 5 rings (SSSR count). The van der Waals surface area contributed by atoms with E-state index >= 15 is 0 Å². The van der Waals surface area contributed by atoms with Gasteiger partial charge in [0.15, 0.2) is 6.04 Å². The minimum absolute atomic E-state index is 0.0469. The average molecular weight is 832 g/mol. The lowest BCUT2D eigenvalue weighted by Gasteiger charge is -2.35. The number of Topliss-reactive ketones (excluding diaryl/α,β-unsaturated/α-hetero) is 1. The molecule has 15 nitrogen and oxygen atoms in total. The number of nitrogens with one attached hydrogen (secondary N) is 4. The quantitative estimate of drug-likeness (QED) is 0.181. The molecule has 2 heterocycles. The van der Waals surface area contributed by atoms with Crippen LogP contribution < -0.4 is 26.0 Å². The maximum Gasteiger partial charge on any atom is 0.333 e. The summed E-state index contributed by atoms with van der Waals surface area (Å²) in [5, 5.41) is 10.7. The zero-order chi connectivity index (χ0) is 43.2. The van der Waals surface area contributed by atoms with Gasteiger partial charge >= 0.3 is 5.97 Å². The van der Waals surface area contributed by atoms with Crippen molar-refractivity contribution in [2.75, 3.05) is 26.3 Å². The van der Waals surface area contributed by atoms with E-state index in [4.69, 9.17) is 14.2 Å². The maximum atomic E-state index is 14.6. The van der Waals surface area contributed by atoms with E-state index in [-0.39, 0.29) is 43.5 Å². The molecule has 2 unspecified atom stereocenters. The number of carbonyl (C=O) groups excluding carboxylic acids is 7. The molecule has 1 aliphatic carbocycles. The lowest BCUT2D eigenvalue weighted by Crippen LogP contribution is -2.58. The van der Waals surface area contributed by atoms with Gasteiger partial charge in [-0.25, -0.2) is 4.79 Å². The van der Waals surface area contributed by atoms with Gasteiger partial charge in [0, 0.05) is 19.6 Å². The first-order valence-electron chi connectivity index (χ1n) is 21.3. The Morgan fingerprint density at radius 3 is 2.37 bits per heavy atom. The Morgan fingerprint density at radius 2 is 1.65 bits per heavy atom. The summed E-state index contributed by atoms with van der Waals surface area (Å²) in [6.07, 6.45) is 6.02. The van der Waals surface area contributed by atoms with E-state index in [1.165, 1.54) is 4.90 Å². The molecule has 2 aromatic rings. The topological polar surface area (TPSA) is 199 Å². The number of benzene rings is 2. The average Bonchev–Trinajstić information content (AvgIpc) is 3.66. The van der Waals surface area contributed by atoms with Crippen LogP contribution in [0, 0.1) is 5.92 Å². The number of amides is 5. The predicted molar refractivity (Wildman–Crippen MR) is 221 cm³/mol. The summed E-state index contributed by atoms with van der Waals surface area (Å²) in [4.78, 5) is 96.7. The van der Waals surface area contributed by atoms with Crippen LogP contribution >= 0.6 is 0 Å². The van der Waals surface area contributed by atoms with Crippen molar-refractivity contribution in [1.82, 2.24) is 26.2 Å². The van der Waals surface area contributed by atoms with E-state index in [9.17, 15) is 33.6 Å². The molecular formula is C45H61N5O10. The highest BCUT2D eigenvalue weighted by molar-refractivity contribution is 6.38. The van der Waals surface area contributed by atoms with Gasteiger partial charge in [-0.05, 0) is 82.1 Å². The standard InChI is InChI=1S/C45H61N5O10/c1-5-15-34(40(53)42(55)46-27-37(52)49-39(31-19-10-7-11-20-31)44(57)60-45(2,3)4)47-41(54)35-26-33-28-50(35)43(56)38(30-17-8-6-9-18-30)48-36(51)25-29-16-14-21-32(24-29)58-22-12-13-23-59-33/h7,10-11,14,16,19-21,24,30,33-35,38-39H,5-6,8-9,12-13,15,17-18,22-23,25-28H2,1-4H3,(H,46,55)(H,47,54)(H,48,51)(H,49,52)/t33-,34?,35?,38+,39+/m1/s1. The highest BCUT2D eigenvalue weighted by Crippen LogP contribution is 2.31. The number of esters is 1. The molecule has 5 amide bonds. The van der Waals surface area contributed by atoms with Crippen LogP contribution in [0.3, 0.4) is 0 Å². The van der Waals surface area contributed by atoms with Crippen LogP contribution in [0.25, 0.3) is 0 Å². The van der Waals surface area contributed by atoms with Crippen molar-refractivity contribution in [1.29, 1.82) is 0 Å². The van der Waals surface area contributed by atoms with Crippen molar-refractivity contribution < 1.29 is 47.8 Å². The van der Waals surface area contributed by atoms with Crippen LogP contribution in [-0.2, 0) is 49.5 Å². The largest absolute Gasteiger partial charge is 0.494 e. The third-order valence-corrected chi connectivity index (χ3v) is 10.9. The Hall–Kier alpha value is -5.31. The summed E-state index contributed by atoms with van der Waals surface area (Å²) in [6.45, 7) is 7.22. The maximum absolute atomic E-state index is 14.6. The van der Waals surface area contributed by atoms with Gasteiger partial charge in [0.25, 0.3) is 5.91 Å². The van der Waals surface area contributed by atoms with Crippen LogP contribution in [0.2, 0.25) is 0 Å². The van der Waals surface area contributed by atoms with Crippen LogP contribution in [0.1, 0.15) is 109 Å². The summed E-state index contributed by atoms with van der Waals surface area (Å²) >= 11 is 0. The lowest BCUT2D eigenvalue weighted by molar-refractivity contribution is -0.158. The highest BCUT2D eigenvalue weighted by atomic mass is 16.6. The number of carbonyl (C=O) groups is 7. The molecule has 3 aliphatic rings. The molecule has 0 radical (unpaired) electrons. The fourth-order valence-electron chi connectivity index (χ4n) is 7.96. The summed E-state index contributed by atoms with van der Waals surface area (Å²) in [5.74, 6) is -4.28. The molecule has 4 bridgehead atoms. The molecule has 5 atom stereocenters. The summed E-state index contributed by atoms with van der Waals surface area (Å²) in [6, 6.07) is 11.5. The number of nitrogens with zero attached hydrogens (tertiary/aromatic N) is 1. The van der Waals surface area contributed by atoms with Crippen molar-refractivity contribution in [2.24, 2.45) is 5.92 Å². The monoisotopic (exact) mass is 831 g/mol. The Labute approximate surface area is 352 Å². The first-order valence-corrected chi connectivity index (χ1v) is 21.3. The smallest absolute Gasteiger partial charge is 0.333 e. The molecule has 0 aromatic heterocycles. The summed E-state index contributed by atoms with van der Waals surface area (Å²) in [7, 11) is 0. The second-order valence-corrected chi connectivity index (χ2v) is 16.9. The first-order chi connectivity index (χ1) is 28.7. The summed E-state index contributed by atoms with van der Waals surface area (Å²) in [5.41, 5.74) is 0.393. The molecule has 0 spiro atoms. The first kappa shape index (κ1) is 45.8. The van der Waals surface area contributed by atoms with Crippen molar-refractivity contribution >= 4 is 41.3 Å². The van der Waals surface area contributed by atoms with E-state index in [2.05, 4.69) is 21.3 Å². The van der Waals surface area contributed by atoms with Gasteiger partial charge in [0.2, 0.25) is 29.4 Å². The van der Waals surface area contributed by atoms with Gasteiger partial charge in [-0.1, -0.05) is 75.1 Å². The molecule has 2 aromatic carbocycles. The SMILES string of the molecule is CCCC(NC(=O)C1C[C@@H]2CN1C(=O)[C@H](C1CCCCC1)NC(=O)Cc1cccc(c1)OCCCCO2)C(=O)C(=O)NCC(=O)N[C@H](C(=O)OC(C)(C)C)c1ccccc1. The number of rotatable bonds is 12. The molecular weight excluding hydrogens is 771 g/mol. The molecule has 2 fully saturated rings. The number of fused-ring (bicyclic) bond motifs is 4. The molecule has 1 saturated heterocycles. The second-order valence-electron chi connectivity index (χ2n) is 16.9. The number of ketones is 1. The molecule has 326 valence electrons. The molecule has 2 aliphatic heterocycles. The minimum atomic E-state index is -1.25. The Balaban J connectivity index is 1.28. The Kier molecular flexibility index (Phi) is 16.6. The molecule has 1 saturated carbocycles. The molecule has 60 heavy (non-hydrogen) atoms. The van der Waals surface area contributed by atoms with Crippen LogP contribution in [0.5, 0.6) is 5.75 Å². The van der Waals surface area contributed by atoms with Crippen LogP contribution in [0.4, 0.5) is 0 Å². The van der Waals surface area contributed by atoms with Gasteiger partial charge < -0.3 is 40.4 Å². The van der Waals surface area contributed by atoms with Crippen LogP contribution in [-0.4, -0.2) is 102 Å². The normalized spacial score (nSPS) is 21.6. The van der Waals surface area contributed by atoms with Crippen molar-refractivity contribution in [2.45, 2.75) is 134 Å². The van der Waals surface area contributed by atoms with Crippen molar-refractivity contribution in [3.8, 4) is 5.75 Å². The van der Waals surface area contributed by atoms with Crippen LogP contribution in [0.15, 0.2) is 54.6 Å². The Bertz CT molecular complexity index is 1830. The predicted octanol–water partition coefficient (Wildman–Crippen LogP) is 3.62. The molecule has 15 heteroatoms. The fraction of sp³-hybridized carbons (Fsp3) is 0.578. The summed E-state index contributed by atoms with van der Waals surface area (Å²) < 4.78 is 17.6. The number of ether oxygens (including phenoxy) is 3. The van der Waals surface area contributed by atoms with Crippen molar-refractivity contribution in [3.63, 3.8) is 0 Å². The van der Waals surface area contributed by atoms with Gasteiger partial charge in [0.05, 0.1) is 31.7 Å². The van der Waals surface area contributed by atoms with E-state index in [1.54, 1.807) is 58.0 Å². The highest BCUT2D eigenvalue weighted by Gasteiger charge is 2.45. The van der Waals surface area contributed by atoms with Gasteiger partial charge in [-0.15, -0.1) is 0 Å². The number of hydrogen-bond donors (Lipinski definition) is 4. The zero-order valence-corrected chi connectivity index (χ0v) is 35.3. The van der Waals surface area contributed by atoms with E-state index in [0.29, 0.717) is 43.8 Å². The fourth-order valence-corrected chi connectivity index (χ4v) is 7.96. The van der Waals surface area contributed by atoms with E-state index in [0.717, 1.165) is 37.7 Å².